The third kappa shape index (κ3) is 3.78. The average Bonchev–Trinajstić information content (AvgIpc) is 2.84. The average molecular weight is 296 g/mol. The van der Waals surface area contributed by atoms with E-state index in [0.29, 0.717) is 29.9 Å². The standard InChI is InChI=1S/C12H16N4O3S/c1-13-8-11-15-16-12(19-11)14-7-9-3-5-10(6-4-9)20(2,17)18/h3-6,13H,7-8H2,1-2H3,(H,14,16). The molecule has 0 amide bonds. The lowest BCUT2D eigenvalue weighted by Gasteiger charge is -2.03. The first kappa shape index (κ1) is 14.5. The Morgan fingerprint density at radius 3 is 2.45 bits per heavy atom. The summed E-state index contributed by atoms with van der Waals surface area (Å²) in [5.41, 5.74) is 0.922. The van der Waals surface area contributed by atoms with Crippen LogP contribution < -0.4 is 10.6 Å². The molecule has 7 nitrogen and oxygen atoms in total. The summed E-state index contributed by atoms with van der Waals surface area (Å²) in [6.07, 6.45) is 1.18. The maximum absolute atomic E-state index is 11.3. The molecule has 2 aromatic rings. The minimum atomic E-state index is -3.16. The van der Waals surface area contributed by atoms with Crippen LogP contribution in [0.25, 0.3) is 0 Å². The fourth-order valence-electron chi connectivity index (χ4n) is 1.58. The fraction of sp³-hybridized carbons (Fsp3) is 0.333. The highest BCUT2D eigenvalue weighted by molar-refractivity contribution is 7.90. The normalized spacial score (nSPS) is 11.5. The van der Waals surface area contributed by atoms with Gasteiger partial charge in [-0.3, -0.25) is 0 Å². The molecule has 20 heavy (non-hydrogen) atoms. The number of nitrogens with one attached hydrogen (secondary N) is 2. The first-order valence-corrected chi connectivity index (χ1v) is 7.88. The van der Waals surface area contributed by atoms with Crippen molar-refractivity contribution < 1.29 is 12.8 Å². The lowest BCUT2D eigenvalue weighted by molar-refractivity contribution is 0.489. The lowest BCUT2D eigenvalue weighted by Crippen LogP contribution is -2.04. The van der Waals surface area contributed by atoms with Crippen LogP contribution in [0.4, 0.5) is 6.01 Å². The van der Waals surface area contributed by atoms with Gasteiger partial charge in [-0.2, -0.15) is 0 Å². The predicted molar refractivity (Wildman–Crippen MR) is 73.9 cm³/mol. The largest absolute Gasteiger partial charge is 0.407 e. The van der Waals surface area contributed by atoms with Gasteiger partial charge in [-0.1, -0.05) is 17.2 Å². The molecule has 1 aromatic carbocycles. The first-order chi connectivity index (χ1) is 9.49. The minimum Gasteiger partial charge on any atom is -0.407 e. The molecule has 0 radical (unpaired) electrons. The van der Waals surface area contributed by atoms with Crippen molar-refractivity contribution in [2.24, 2.45) is 0 Å². The number of benzene rings is 1. The van der Waals surface area contributed by atoms with Crippen molar-refractivity contribution in [3.63, 3.8) is 0 Å². The van der Waals surface area contributed by atoms with Crippen LogP contribution >= 0.6 is 0 Å². The van der Waals surface area contributed by atoms with Crippen LogP contribution in [0.1, 0.15) is 11.5 Å². The molecule has 1 heterocycles. The van der Waals surface area contributed by atoms with Gasteiger partial charge >= 0.3 is 6.01 Å². The Kier molecular flexibility index (Phi) is 4.35. The van der Waals surface area contributed by atoms with E-state index < -0.39 is 9.84 Å². The number of nitrogens with zero attached hydrogens (tertiary/aromatic N) is 2. The zero-order chi connectivity index (χ0) is 14.6. The number of rotatable bonds is 6. The van der Waals surface area contributed by atoms with Crippen molar-refractivity contribution in [1.82, 2.24) is 15.5 Å². The Bertz CT molecular complexity index is 664. The molecule has 8 heteroatoms. The Morgan fingerprint density at radius 1 is 1.15 bits per heavy atom. The van der Waals surface area contributed by atoms with Crippen molar-refractivity contribution in [1.29, 1.82) is 0 Å². The van der Waals surface area contributed by atoms with E-state index >= 15 is 0 Å². The number of hydrogen-bond acceptors (Lipinski definition) is 7. The molecule has 2 N–H and O–H groups in total. The molecule has 2 rings (SSSR count). The Morgan fingerprint density at radius 2 is 1.85 bits per heavy atom. The molecule has 0 aliphatic heterocycles. The van der Waals surface area contributed by atoms with Crippen LogP contribution in [0, 0.1) is 0 Å². The number of aromatic nitrogens is 2. The van der Waals surface area contributed by atoms with Crippen LogP contribution in [0.2, 0.25) is 0 Å². The highest BCUT2D eigenvalue weighted by Crippen LogP contribution is 2.12. The van der Waals surface area contributed by atoms with Crippen molar-refractivity contribution in [2.45, 2.75) is 18.0 Å². The van der Waals surface area contributed by atoms with E-state index in [2.05, 4.69) is 20.8 Å². The summed E-state index contributed by atoms with van der Waals surface area (Å²) in [6, 6.07) is 6.98. The maximum Gasteiger partial charge on any atom is 0.315 e. The van der Waals surface area contributed by atoms with E-state index in [-0.39, 0.29) is 0 Å². The first-order valence-electron chi connectivity index (χ1n) is 5.99. The molecule has 0 saturated heterocycles. The summed E-state index contributed by atoms with van der Waals surface area (Å²) in [7, 11) is -1.37. The Balaban J connectivity index is 1.96. The summed E-state index contributed by atoms with van der Waals surface area (Å²) in [5, 5.41) is 13.6. The van der Waals surface area contributed by atoms with Gasteiger partial charge in [0.25, 0.3) is 0 Å². The molecular formula is C12H16N4O3S. The van der Waals surface area contributed by atoms with E-state index in [9.17, 15) is 8.42 Å². The van der Waals surface area contributed by atoms with Crippen molar-refractivity contribution in [2.75, 3.05) is 18.6 Å². The summed E-state index contributed by atoms with van der Waals surface area (Å²) < 4.78 is 28.0. The number of hydrogen-bond donors (Lipinski definition) is 2. The topological polar surface area (TPSA) is 97.1 Å². The molecule has 0 atom stereocenters. The van der Waals surface area contributed by atoms with Crippen LogP contribution in [0.5, 0.6) is 0 Å². The second-order valence-corrected chi connectivity index (χ2v) is 6.32. The van der Waals surface area contributed by atoms with Gasteiger partial charge < -0.3 is 15.1 Å². The molecule has 1 aromatic heterocycles. The fourth-order valence-corrected chi connectivity index (χ4v) is 2.21. The van der Waals surface area contributed by atoms with Crippen LogP contribution in [0.3, 0.4) is 0 Å². The van der Waals surface area contributed by atoms with Crippen molar-refractivity contribution in [3.05, 3.63) is 35.7 Å². The van der Waals surface area contributed by atoms with Crippen molar-refractivity contribution in [3.8, 4) is 0 Å². The van der Waals surface area contributed by atoms with Gasteiger partial charge in [0.1, 0.15) is 0 Å². The van der Waals surface area contributed by atoms with E-state index in [4.69, 9.17) is 4.42 Å². The van der Waals surface area contributed by atoms with E-state index in [1.54, 1.807) is 31.3 Å². The smallest absolute Gasteiger partial charge is 0.315 e. The molecule has 0 aliphatic carbocycles. The van der Waals surface area contributed by atoms with Crippen LogP contribution in [0.15, 0.2) is 33.6 Å². The van der Waals surface area contributed by atoms with Gasteiger partial charge in [0, 0.05) is 12.8 Å². The van der Waals surface area contributed by atoms with Crippen molar-refractivity contribution >= 4 is 15.9 Å². The summed E-state index contributed by atoms with van der Waals surface area (Å²) in [6.45, 7) is 0.989. The van der Waals surface area contributed by atoms with Gasteiger partial charge in [-0.05, 0) is 24.7 Å². The SMILES string of the molecule is CNCc1nnc(NCc2ccc(S(C)(=O)=O)cc2)o1. The van der Waals surface area contributed by atoms with Gasteiger partial charge in [0.05, 0.1) is 11.4 Å². The van der Waals surface area contributed by atoms with E-state index in [1.165, 1.54) is 6.26 Å². The zero-order valence-corrected chi connectivity index (χ0v) is 12.1. The third-order valence-electron chi connectivity index (χ3n) is 2.59. The van der Waals surface area contributed by atoms with Gasteiger partial charge in [-0.25, -0.2) is 8.42 Å². The highest BCUT2D eigenvalue weighted by Gasteiger charge is 2.07. The number of anilines is 1. The van der Waals surface area contributed by atoms with Gasteiger partial charge in [0.2, 0.25) is 5.89 Å². The summed E-state index contributed by atoms with van der Waals surface area (Å²) in [4.78, 5) is 0.301. The second kappa shape index (κ2) is 6.02. The molecule has 0 spiro atoms. The minimum absolute atomic E-state index is 0.301. The predicted octanol–water partition coefficient (Wildman–Crippen LogP) is 0.805. The summed E-state index contributed by atoms with van der Waals surface area (Å²) >= 11 is 0. The zero-order valence-electron chi connectivity index (χ0n) is 11.3. The molecule has 0 saturated carbocycles. The van der Waals surface area contributed by atoms with Gasteiger partial charge in [0.15, 0.2) is 9.84 Å². The third-order valence-corrected chi connectivity index (χ3v) is 3.72. The molecule has 0 aliphatic rings. The van der Waals surface area contributed by atoms with Crippen LogP contribution in [-0.4, -0.2) is 31.9 Å². The molecule has 108 valence electrons. The second-order valence-electron chi connectivity index (χ2n) is 4.30. The monoisotopic (exact) mass is 296 g/mol. The lowest BCUT2D eigenvalue weighted by atomic mass is 10.2. The summed E-state index contributed by atoms with van der Waals surface area (Å²) in [5.74, 6) is 0.502. The van der Waals surface area contributed by atoms with Crippen LogP contribution in [-0.2, 0) is 22.9 Å². The van der Waals surface area contributed by atoms with Gasteiger partial charge in [-0.15, -0.1) is 5.10 Å². The van der Waals surface area contributed by atoms with E-state index in [1.807, 2.05) is 0 Å². The number of sulfone groups is 1. The Labute approximate surface area is 117 Å². The van der Waals surface area contributed by atoms with E-state index in [0.717, 1.165) is 5.56 Å². The molecular weight excluding hydrogens is 280 g/mol. The highest BCUT2D eigenvalue weighted by atomic mass is 32.2. The quantitative estimate of drug-likeness (QED) is 0.814. The maximum atomic E-state index is 11.3. The molecule has 0 unspecified atom stereocenters. The Hall–Kier alpha value is -1.93. The molecule has 0 fully saturated rings. The molecule has 0 bridgehead atoms.